The van der Waals surface area contributed by atoms with Gasteiger partial charge in [0, 0.05) is 27.2 Å². The van der Waals surface area contributed by atoms with Crippen LogP contribution in [-0.2, 0) is 0 Å². The highest BCUT2D eigenvalue weighted by molar-refractivity contribution is 7.99. The van der Waals surface area contributed by atoms with Crippen molar-refractivity contribution in [2.75, 3.05) is 14.2 Å². The first-order chi connectivity index (χ1) is 14.5. The van der Waals surface area contributed by atoms with Gasteiger partial charge in [0.15, 0.2) is 11.5 Å². The SMILES string of the molecule is COc1ccc(C2CC(c3cc(Cl)c(C)cc3O)=Nc3ccccc3S2)cc1OC. The molecular weight excluding hydrogens is 418 g/mol. The Morgan fingerprint density at radius 2 is 1.80 bits per heavy atom. The molecule has 3 aromatic carbocycles. The predicted molar refractivity (Wildman–Crippen MR) is 123 cm³/mol. The average Bonchev–Trinajstić information content (AvgIpc) is 2.95. The molecule has 0 radical (unpaired) electrons. The van der Waals surface area contributed by atoms with Crippen LogP contribution in [0.3, 0.4) is 0 Å². The number of benzene rings is 3. The van der Waals surface area contributed by atoms with Crippen molar-refractivity contribution in [2.45, 2.75) is 23.5 Å². The van der Waals surface area contributed by atoms with Crippen LogP contribution in [0.2, 0.25) is 5.02 Å². The third kappa shape index (κ3) is 4.00. The molecule has 0 saturated heterocycles. The number of halogens is 1. The molecule has 0 bridgehead atoms. The van der Waals surface area contributed by atoms with Gasteiger partial charge in [0.25, 0.3) is 0 Å². The van der Waals surface area contributed by atoms with Crippen LogP contribution in [0.15, 0.2) is 64.5 Å². The summed E-state index contributed by atoms with van der Waals surface area (Å²) in [6.45, 7) is 1.87. The lowest BCUT2D eigenvalue weighted by Gasteiger charge is -2.18. The van der Waals surface area contributed by atoms with E-state index in [1.165, 1.54) is 0 Å². The molecular formula is C24H22ClNO3S. The summed E-state index contributed by atoms with van der Waals surface area (Å²) in [5.41, 5.74) is 4.27. The molecule has 0 aromatic heterocycles. The number of hydrogen-bond donors (Lipinski definition) is 1. The number of phenolic OH excluding ortho intramolecular Hbond substituents is 1. The van der Waals surface area contributed by atoms with Crippen LogP contribution in [0.25, 0.3) is 0 Å². The molecule has 1 heterocycles. The van der Waals surface area contributed by atoms with Gasteiger partial charge in [0.1, 0.15) is 5.75 Å². The molecule has 0 saturated carbocycles. The van der Waals surface area contributed by atoms with Gasteiger partial charge in [-0.1, -0.05) is 29.8 Å². The number of methoxy groups -OCH3 is 2. The molecule has 6 heteroatoms. The van der Waals surface area contributed by atoms with Crippen molar-refractivity contribution >= 4 is 34.8 Å². The maximum Gasteiger partial charge on any atom is 0.161 e. The first-order valence-corrected chi connectivity index (χ1v) is 10.8. The Hall–Kier alpha value is -2.63. The summed E-state index contributed by atoms with van der Waals surface area (Å²) in [7, 11) is 3.26. The molecule has 3 aromatic rings. The summed E-state index contributed by atoms with van der Waals surface area (Å²) in [5.74, 6) is 1.57. The highest BCUT2D eigenvalue weighted by atomic mass is 35.5. The Morgan fingerprint density at radius 1 is 1.03 bits per heavy atom. The topological polar surface area (TPSA) is 51.0 Å². The maximum absolute atomic E-state index is 10.6. The van der Waals surface area contributed by atoms with Crippen LogP contribution in [0.5, 0.6) is 17.2 Å². The van der Waals surface area contributed by atoms with E-state index in [0.29, 0.717) is 28.5 Å². The van der Waals surface area contributed by atoms with Crippen LogP contribution in [-0.4, -0.2) is 25.0 Å². The zero-order valence-electron chi connectivity index (χ0n) is 17.0. The van der Waals surface area contributed by atoms with E-state index in [9.17, 15) is 5.11 Å². The summed E-state index contributed by atoms with van der Waals surface area (Å²) in [5, 5.41) is 11.3. The van der Waals surface area contributed by atoms with Gasteiger partial charge in [0.2, 0.25) is 0 Å². The molecule has 4 rings (SSSR count). The second-order valence-electron chi connectivity index (χ2n) is 7.07. The molecule has 30 heavy (non-hydrogen) atoms. The zero-order chi connectivity index (χ0) is 21.3. The fourth-order valence-corrected chi connectivity index (χ4v) is 4.90. The number of aromatic hydroxyl groups is 1. The molecule has 0 spiro atoms. The van der Waals surface area contributed by atoms with E-state index in [-0.39, 0.29) is 11.0 Å². The third-order valence-corrected chi connectivity index (χ3v) is 6.87. The van der Waals surface area contributed by atoms with E-state index in [0.717, 1.165) is 27.4 Å². The van der Waals surface area contributed by atoms with E-state index in [1.807, 2.05) is 43.3 Å². The van der Waals surface area contributed by atoms with E-state index >= 15 is 0 Å². The molecule has 4 nitrogen and oxygen atoms in total. The standard InChI is InChI=1S/C24H22ClNO3S/c1-14-10-20(27)16(12-17(14)25)19-13-24(30-23-7-5-4-6-18(23)26-19)15-8-9-21(28-2)22(11-15)29-3/h4-12,24,27H,13H2,1-3H3. The van der Waals surface area contributed by atoms with Gasteiger partial charge in [-0.3, -0.25) is 4.99 Å². The Labute approximate surface area is 185 Å². The predicted octanol–water partition coefficient (Wildman–Crippen LogP) is 6.73. The second kappa shape index (κ2) is 8.62. The largest absolute Gasteiger partial charge is 0.507 e. The summed E-state index contributed by atoms with van der Waals surface area (Å²) >= 11 is 8.12. The number of phenols is 1. The van der Waals surface area contributed by atoms with Gasteiger partial charge in [-0.25, -0.2) is 0 Å². The summed E-state index contributed by atoms with van der Waals surface area (Å²) in [4.78, 5) is 6.00. The summed E-state index contributed by atoms with van der Waals surface area (Å²) in [6, 6.07) is 17.5. The number of nitrogens with zero attached hydrogens (tertiary/aromatic N) is 1. The van der Waals surface area contributed by atoms with E-state index < -0.39 is 0 Å². The van der Waals surface area contributed by atoms with Crippen LogP contribution >= 0.6 is 23.4 Å². The maximum atomic E-state index is 10.6. The van der Waals surface area contributed by atoms with Crippen molar-refractivity contribution in [3.8, 4) is 17.2 Å². The first kappa shape index (κ1) is 20.6. The average molecular weight is 440 g/mol. The lowest BCUT2D eigenvalue weighted by Crippen LogP contribution is -2.06. The number of para-hydroxylation sites is 1. The smallest absolute Gasteiger partial charge is 0.161 e. The Morgan fingerprint density at radius 3 is 2.57 bits per heavy atom. The highest BCUT2D eigenvalue weighted by Crippen LogP contribution is 2.47. The number of fused-ring (bicyclic) bond motifs is 1. The monoisotopic (exact) mass is 439 g/mol. The van der Waals surface area contributed by atoms with Gasteiger partial charge in [-0.15, -0.1) is 11.8 Å². The molecule has 1 N–H and O–H groups in total. The van der Waals surface area contributed by atoms with Gasteiger partial charge in [0.05, 0.1) is 25.6 Å². The van der Waals surface area contributed by atoms with Crippen LogP contribution in [0.4, 0.5) is 5.69 Å². The normalized spacial score (nSPS) is 15.7. The minimum atomic E-state index is 0.0756. The molecule has 0 amide bonds. The molecule has 0 fully saturated rings. The van der Waals surface area contributed by atoms with Gasteiger partial charge < -0.3 is 14.6 Å². The third-order valence-electron chi connectivity index (χ3n) is 5.14. The molecule has 0 aliphatic carbocycles. The number of aryl methyl sites for hydroxylation is 1. The zero-order valence-corrected chi connectivity index (χ0v) is 18.6. The van der Waals surface area contributed by atoms with Gasteiger partial charge in [-0.2, -0.15) is 0 Å². The Bertz CT molecular complexity index is 1130. The Kier molecular flexibility index (Phi) is 5.93. The van der Waals surface area contributed by atoms with Crippen LogP contribution in [0, 0.1) is 6.92 Å². The number of ether oxygens (including phenoxy) is 2. The lowest BCUT2D eigenvalue weighted by molar-refractivity contribution is 0.354. The number of rotatable bonds is 4. The van der Waals surface area contributed by atoms with Crippen molar-refractivity contribution in [3.05, 3.63) is 76.3 Å². The van der Waals surface area contributed by atoms with E-state index in [2.05, 4.69) is 6.07 Å². The molecule has 1 aliphatic rings. The minimum Gasteiger partial charge on any atom is -0.507 e. The van der Waals surface area contributed by atoms with Crippen molar-refractivity contribution in [1.82, 2.24) is 0 Å². The second-order valence-corrected chi connectivity index (χ2v) is 8.72. The van der Waals surface area contributed by atoms with Crippen LogP contribution in [0.1, 0.15) is 28.4 Å². The number of thioether (sulfide) groups is 1. The first-order valence-electron chi connectivity index (χ1n) is 9.54. The lowest BCUT2D eigenvalue weighted by atomic mass is 9.99. The van der Waals surface area contributed by atoms with E-state index in [1.54, 1.807) is 38.1 Å². The van der Waals surface area contributed by atoms with Gasteiger partial charge >= 0.3 is 0 Å². The number of hydrogen-bond acceptors (Lipinski definition) is 5. The Balaban J connectivity index is 1.82. The number of aliphatic imine (C=N–C) groups is 1. The summed E-state index contributed by atoms with van der Waals surface area (Å²) < 4.78 is 10.9. The molecule has 1 aliphatic heterocycles. The minimum absolute atomic E-state index is 0.0756. The van der Waals surface area contributed by atoms with Crippen molar-refractivity contribution in [3.63, 3.8) is 0 Å². The van der Waals surface area contributed by atoms with Crippen LogP contribution < -0.4 is 9.47 Å². The molecule has 154 valence electrons. The van der Waals surface area contributed by atoms with Crippen molar-refractivity contribution in [1.29, 1.82) is 0 Å². The molecule has 1 atom stereocenters. The van der Waals surface area contributed by atoms with Crippen molar-refractivity contribution < 1.29 is 14.6 Å². The van der Waals surface area contributed by atoms with Crippen molar-refractivity contribution in [2.24, 2.45) is 4.99 Å². The summed E-state index contributed by atoms with van der Waals surface area (Å²) in [6.07, 6.45) is 0.627. The highest BCUT2D eigenvalue weighted by Gasteiger charge is 2.25. The quantitative estimate of drug-likeness (QED) is 0.489. The molecule has 1 unspecified atom stereocenters. The fraction of sp³-hybridized carbons (Fsp3) is 0.208. The van der Waals surface area contributed by atoms with Gasteiger partial charge in [-0.05, 0) is 54.4 Å². The fourth-order valence-electron chi connectivity index (χ4n) is 3.52. The van der Waals surface area contributed by atoms with E-state index in [4.69, 9.17) is 26.1 Å².